The van der Waals surface area contributed by atoms with E-state index < -0.39 is 0 Å². The molecular weight excluding hydrogens is 380 g/mol. The predicted octanol–water partition coefficient (Wildman–Crippen LogP) is 3.92. The van der Waals surface area contributed by atoms with Crippen molar-refractivity contribution >= 4 is 33.9 Å². The van der Waals surface area contributed by atoms with Crippen LogP contribution in [0.3, 0.4) is 0 Å². The largest absolute Gasteiger partial charge is 0.375 e. The van der Waals surface area contributed by atoms with Crippen molar-refractivity contribution in [3.8, 4) is 0 Å². The van der Waals surface area contributed by atoms with Crippen LogP contribution < -0.4 is 15.5 Å². The average molecular weight is 407 g/mol. The Bertz CT molecular complexity index is 729. The van der Waals surface area contributed by atoms with E-state index in [2.05, 4.69) is 38.0 Å². The van der Waals surface area contributed by atoms with E-state index in [1.807, 2.05) is 35.6 Å². The zero-order chi connectivity index (χ0) is 19.1. The van der Waals surface area contributed by atoms with Crippen LogP contribution in [0.15, 0.2) is 46.8 Å². The van der Waals surface area contributed by atoms with Crippen LogP contribution in [0.1, 0.15) is 24.5 Å². The second kappa shape index (κ2) is 9.97. The van der Waals surface area contributed by atoms with Crippen molar-refractivity contribution in [2.75, 3.05) is 38.7 Å². The van der Waals surface area contributed by atoms with Gasteiger partial charge in [0.1, 0.15) is 0 Å². The molecule has 2 N–H and O–H groups in total. The number of rotatable bonds is 6. The van der Waals surface area contributed by atoms with Gasteiger partial charge in [-0.1, -0.05) is 23.7 Å². The molecule has 1 fully saturated rings. The number of thiophene rings is 1. The summed E-state index contributed by atoms with van der Waals surface area (Å²) in [7, 11) is 3.51. The Hall–Kier alpha value is -1.76. The first-order chi connectivity index (χ1) is 13.2. The Balaban J connectivity index is 1.48. The third-order valence-electron chi connectivity index (χ3n) is 4.84. The second-order valence-electron chi connectivity index (χ2n) is 6.59. The van der Waals surface area contributed by atoms with Crippen LogP contribution in [-0.4, -0.2) is 45.8 Å². The lowest BCUT2D eigenvalue weighted by atomic mass is 10.1. The first-order valence-corrected chi connectivity index (χ1v) is 10.5. The van der Waals surface area contributed by atoms with Gasteiger partial charge in [0.05, 0.1) is 11.1 Å². The number of aliphatic imine (C=N–C) groups is 1. The SMILES string of the molecule is CN=C(NCC(OC)c1cccc(Cl)c1)NC1CCN(c2cccs2)CC1. The van der Waals surface area contributed by atoms with E-state index in [9.17, 15) is 0 Å². The highest BCUT2D eigenvalue weighted by atomic mass is 35.5. The smallest absolute Gasteiger partial charge is 0.191 e. The minimum absolute atomic E-state index is 0.0806. The van der Waals surface area contributed by atoms with Crippen molar-refractivity contribution in [3.05, 3.63) is 52.4 Å². The number of piperidine rings is 1. The van der Waals surface area contributed by atoms with Crippen LogP contribution in [0.2, 0.25) is 5.02 Å². The number of ether oxygens (including phenoxy) is 1. The summed E-state index contributed by atoms with van der Waals surface area (Å²) < 4.78 is 5.62. The van der Waals surface area contributed by atoms with Crippen LogP contribution >= 0.6 is 22.9 Å². The fourth-order valence-corrected chi connectivity index (χ4v) is 4.30. The van der Waals surface area contributed by atoms with E-state index >= 15 is 0 Å². The van der Waals surface area contributed by atoms with Gasteiger partial charge in [0.25, 0.3) is 0 Å². The molecule has 0 spiro atoms. The van der Waals surface area contributed by atoms with Gasteiger partial charge in [0, 0.05) is 44.9 Å². The quantitative estimate of drug-likeness (QED) is 0.563. The molecule has 0 amide bonds. The normalized spacial score (nSPS) is 17.0. The lowest BCUT2D eigenvalue weighted by molar-refractivity contribution is 0.106. The van der Waals surface area contributed by atoms with E-state index in [4.69, 9.17) is 16.3 Å². The van der Waals surface area contributed by atoms with Crippen molar-refractivity contribution in [2.45, 2.75) is 25.0 Å². The third kappa shape index (κ3) is 5.61. The Morgan fingerprint density at radius 3 is 2.78 bits per heavy atom. The maximum atomic E-state index is 6.10. The summed E-state index contributed by atoms with van der Waals surface area (Å²) in [6.07, 6.45) is 2.12. The number of nitrogens with zero attached hydrogens (tertiary/aromatic N) is 2. The number of halogens is 1. The molecule has 0 aliphatic carbocycles. The highest BCUT2D eigenvalue weighted by Gasteiger charge is 2.21. The third-order valence-corrected chi connectivity index (χ3v) is 6.00. The van der Waals surface area contributed by atoms with Gasteiger partial charge in [0.2, 0.25) is 0 Å². The molecule has 1 aliphatic heterocycles. The van der Waals surface area contributed by atoms with Gasteiger partial charge in [-0.15, -0.1) is 11.3 Å². The molecule has 1 aromatic heterocycles. The van der Waals surface area contributed by atoms with E-state index in [1.54, 1.807) is 14.2 Å². The molecule has 1 atom stereocenters. The lowest BCUT2D eigenvalue weighted by Crippen LogP contribution is -2.49. The number of hydrogen-bond acceptors (Lipinski definition) is 4. The molecule has 2 aromatic rings. The van der Waals surface area contributed by atoms with E-state index in [0.29, 0.717) is 12.6 Å². The van der Waals surface area contributed by atoms with Crippen LogP contribution in [0, 0.1) is 0 Å². The average Bonchev–Trinajstić information content (AvgIpc) is 3.23. The standard InChI is InChI=1S/C20H27ClN4OS/c1-22-20(23-14-18(26-2)15-5-3-6-16(21)13-15)24-17-8-10-25(11-9-17)19-7-4-12-27-19/h3-7,12-13,17-18H,8-11,14H2,1-2H3,(H2,22,23,24). The van der Waals surface area contributed by atoms with E-state index in [0.717, 1.165) is 42.5 Å². The highest BCUT2D eigenvalue weighted by molar-refractivity contribution is 7.14. The Morgan fingerprint density at radius 1 is 1.33 bits per heavy atom. The molecular formula is C20H27ClN4OS. The zero-order valence-corrected chi connectivity index (χ0v) is 17.4. The van der Waals surface area contributed by atoms with Crippen LogP contribution in [0.4, 0.5) is 5.00 Å². The molecule has 146 valence electrons. The number of guanidine groups is 1. The molecule has 2 heterocycles. The maximum Gasteiger partial charge on any atom is 0.191 e. The lowest BCUT2D eigenvalue weighted by Gasteiger charge is -2.33. The molecule has 0 radical (unpaired) electrons. The fourth-order valence-electron chi connectivity index (χ4n) is 3.32. The van der Waals surface area contributed by atoms with E-state index in [1.165, 1.54) is 5.00 Å². The Kier molecular flexibility index (Phi) is 7.38. The predicted molar refractivity (Wildman–Crippen MR) is 115 cm³/mol. The van der Waals surface area contributed by atoms with Crippen LogP contribution in [0.5, 0.6) is 0 Å². The summed E-state index contributed by atoms with van der Waals surface area (Å²) in [6, 6.07) is 12.5. The fraction of sp³-hybridized carbons (Fsp3) is 0.450. The second-order valence-corrected chi connectivity index (χ2v) is 7.95. The maximum absolute atomic E-state index is 6.10. The monoisotopic (exact) mass is 406 g/mol. The molecule has 1 unspecified atom stereocenters. The van der Waals surface area contributed by atoms with Gasteiger partial charge in [-0.25, -0.2) is 0 Å². The molecule has 1 aromatic carbocycles. The molecule has 1 aliphatic rings. The highest BCUT2D eigenvalue weighted by Crippen LogP contribution is 2.25. The minimum atomic E-state index is -0.0806. The van der Waals surface area contributed by atoms with Crippen molar-refractivity contribution in [1.82, 2.24) is 10.6 Å². The number of hydrogen-bond donors (Lipinski definition) is 2. The van der Waals surface area contributed by atoms with Gasteiger partial charge in [-0.05, 0) is 48.1 Å². The molecule has 27 heavy (non-hydrogen) atoms. The van der Waals surface area contributed by atoms with Crippen LogP contribution in [-0.2, 0) is 4.74 Å². The zero-order valence-electron chi connectivity index (χ0n) is 15.8. The summed E-state index contributed by atoms with van der Waals surface area (Å²) in [5.41, 5.74) is 1.05. The van der Waals surface area contributed by atoms with Crippen molar-refractivity contribution in [3.63, 3.8) is 0 Å². The summed E-state index contributed by atoms with van der Waals surface area (Å²) in [5.74, 6) is 0.814. The summed E-state index contributed by atoms with van der Waals surface area (Å²) >= 11 is 7.91. The summed E-state index contributed by atoms with van der Waals surface area (Å²) in [5, 5.41) is 11.1. The van der Waals surface area contributed by atoms with Gasteiger partial charge in [-0.2, -0.15) is 0 Å². The molecule has 3 rings (SSSR count). The first-order valence-electron chi connectivity index (χ1n) is 9.23. The van der Waals surface area contributed by atoms with E-state index in [-0.39, 0.29) is 6.10 Å². The number of methoxy groups -OCH3 is 1. The molecule has 0 bridgehead atoms. The van der Waals surface area contributed by atoms with Gasteiger partial charge in [0.15, 0.2) is 5.96 Å². The Morgan fingerprint density at radius 2 is 2.15 bits per heavy atom. The summed E-state index contributed by atoms with van der Waals surface area (Å²) in [4.78, 5) is 6.83. The molecule has 0 saturated carbocycles. The number of benzene rings is 1. The Labute approximate surface area is 170 Å². The van der Waals surface area contributed by atoms with Crippen LogP contribution in [0.25, 0.3) is 0 Å². The minimum Gasteiger partial charge on any atom is -0.375 e. The van der Waals surface area contributed by atoms with Crippen molar-refractivity contribution in [1.29, 1.82) is 0 Å². The molecule has 7 heteroatoms. The molecule has 1 saturated heterocycles. The topological polar surface area (TPSA) is 48.9 Å². The summed E-state index contributed by atoms with van der Waals surface area (Å²) in [6.45, 7) is 2.77. The first kappa shape index (κ1) is 20.0. The van der Waals surface area contributed by atoms with Gasteiger partial charge >= 0.3 is 0 Å². The van der Waals surface area contributed by atoms with Crippen molar-refractivity contribution in [2.24, 2.45) is 4.99 Å². The number of anilines is 1. The molecule has 5 nitrogen and oxygen atoms in total. The van der Waals surface area contributed by atoms with Gasteiger partial charge in [-0.3, -0.25) is 4.99 Å². The van der Waals surface area contributed by atoms with Crippen molar-refractivity contribution < 1.29 is 4.74 Å². The number of nitrogens with one attached hydrogen (secondary N) is 2. The van der Waals surface area contributed by atoms with Gasteiger partial charge < -0.3 is 20.3 Å².